The van der Waals surface area contributed by atoms with Crippen LogP contribution in [0.4, 0.5) is 0 Å². The van der Waals surface area contributed by atoms with Gasteiger partial charge in [0.2, 0.25) is 0 Å². The molecule has 1 aromatic carbocycles. The van der Waals surface area contributed by atoms with Crippen LogP contribution in [0.25, 0.3) is 0 Å². The van der Waals surface area contributed by atoms with E-state index < -0.39 is 0 Å². The Balaban J connectivity index is 2.30. The molecule has 0 aliphatic rings. The molecule has 0 fully saturated rings. The lowest BCUT2D eigenvalue weighted by Gasteiger charge is -2.04. The van der Waals surface area contributed by atoms with E-state index in [0.717, 1.165) is 0 Å². The third-order valence-electron chi connectivity index (χ3n) is 2.41. The predicted octanol–water partition coefficient (Wildman–Crippen LogP) is 3.33. The van der Waals surface area contributed by atoms with E-state index in [2.05, 4.69) is 6.58 Å². The summed E-state index contributed by atoms with van der Waals surface area (Å²) in [6, 6.07) is 8.81. The zero-order valence-corrected chi connectivity index (χ0v) is 11.1. The monoisotopic (exact) mass is 258 g/mol. The van der Waals surface area contributed by atoms with Crippen LogP contribution < -0.4 is 0 Å². The first-order valence-electron chi connectivity index (χ1n) is 6.15. The van der Waals surface area contributed by atoms with Crippen molar-refractivity contribution in [3.8, 4) is 0 Å². The van der Waals surface area contributed by atoms with Gasteiger partial charge in [-0.15, -0.1) is 0 Å². The van der Waals surface area contributed by atoms with Crippen molar-refractivity contribution in [3.63, 3.8) is 0 Å². The molecular weight excluding hydrogens is 240 g/mol. The van der Waals surface area contributed by atoms with E-state index in [1.54, 1.807) is 37.3 Å². The molecule has 0 atom stereocenters. The first kappa shape index (κ1) is 14.9. The number of hydrogen-bond donors (Lipinski definition) is 0. The van der Waals surface area contributed by atoms with Crippen molar-refractivity contribution in [2.24, 2.45) is 0 Å². The summed E-state index contributed by atoms with van der Waals surface area (Å²) in [5.41, 5.74) is 1.23. The highest BCUT2D eigenvalue weighted by molar-refractivity contribution is 5.89. The minimum absolute atomic E-state index is 0.157. The van der Waals surface area contributed by atoms with Crippen LogP contribution in [0.3, 0.4) is 0 Å². The van der Waals surface area contributed by atoms with Crippen molar-refractivity contribution < 1.29 is 14.3 Å². The lowest BCUT2D eigenvalue weighted by molar-refractivity contribution is -0.116. The maximum absolute atomic E-state index is 11.6. The van der Waals surface area contributed by atoms with Crippen molar-refractivity contribution in [1.29, 1.82) is 0 Å². The van der Waals surface area contributed by atoms with Crippen molar-refractivity contribution in [2.75, 3.05) is 6.61 Å². The van der Waals surface area contributed by atoms with E-state index in [0.29, 0.717) is 24.0 Å². The van der Waals surface area contributed by atoms with E-state index in [1.165, 1.54) is 0 Å². The molecule has 0 aliphatic carbocycles. The first-order valence-corrected chi connectivity index (χ1v) is 6.15. The van der Waals surface area contributed by atoms with Gasteiger partial charge >= 0.3 is 5.97 Å². The number of ketones is 1. The summed E-state index contributed by atoms with van der Waals surface area (Å²) in [5, 5.41) is 0. The van der Waals surface area contributed by atoms with Gasteiger partial charge in [-0.3, -0.25) is 0 Å². The van der Waals surface area contributed by atoms with Crippen molar-refractivity contribution >= 4 is 11.8 Å². The van der Waals surface area contributed by atoms with E-state index in [9.17, 15) is 9.59 Å². The fourth-order valence-electron chi connectivity index (χ4n) is 1.40. The molecule has 0 spiro atoms. The summed E-state index contributed by atoms with van der Waals surface area (Å²) >= 11 is 0. The number of benzene rings is 1. The van der Waals surface area contributed by atoms with Crippen LogP contribution in [0.1, 0.15) is 30.1 Å². The summed E-state index contributed by atoms with van der Waals surface area (Å²) in [5.74, 6) is -0.204. The van der Waals surface area contributed by atoms with Gasteiger partial charge in [0.15, 0.2) is 0 Å². The van der Waals surface area contributed by atoms with Gasteiger partial charge in [0.1, 0.15) is 12.4 Å². The van der Waals surface area contributed by atoms with Crippen LogP contribution in [-0.2, 0) is 9.53 Å². The quantitative estimate of drug-likeness (QED) is 0.556. The largest absolute Gasteiger partial charge is 0.457 e. The maximum Gasteiger partial charge on any atom is 0.338 e. The number of hydrogen-bond acceptors (Lipinski definition) is 3. The van der Waals surface area contributed by atoms with Gasteiger partial charge in [0.25, 0.3) is 0 Å². The van der Waals surface area contributed by atoms with Gasteiger partial charge in [-0.1, -0.05) is 36.9 Å². The Bertz CT molecular complexity index is 472. The van der Waals surface area contributed by atoms with Crippen LogP contribution in [-0.4, -0.2) is 18.4 Å². The predicted molar refractivity (Wildman–Crippen MR) is 74.9 cm³/mol. The number of carbonyl (C=O) groups is 2. The third-order valence-corrected chi connectivity index (χ3v) is 2.41. The Kier molecular flexibility index (Phi) is 6.30. The highest BCUT2D eigenvalue weighted by Crippen LogP contribution is 2.04. The summed E-state index contributed by atoms with van der Waals surface area (Å²) in [6.45, 7) is 5.50. The zero-order valence-electron chi connectivity index (χ0n) is 11.1. The lowest BCUT2D eigenvalue weighted by Crippen LogP contribution is -2.06. The Hall–Kier alpha value is -2.16. The molecule has 3 nitrogen and oxygen atoms in total. The number of allylic oxidation sites excluding steroid dienone is 1. The molecule has 0 aliphatic heterocycles. The van der Waals surface area contributed by atoms with E-state index >= 15 is 0 Å². The number of Topliss-reactive ketones (excluding diaryl/α,β-unsaturated/α-hetero) is 1. The van der Waals surface area contributed by atoms with Crippen molar-refractivity contribution in [2.45, 2.75) is 19.8 Å². The molecule has 0 saturated carbocycles. The molecule has 1 rings (SSSR count). The molecule has 0 bridgehead atoms. The van der Waals surface area contributed by atoms with Gasteiger partial charge in [0, 0.05) is 6.42 Å². The molecule has 100 valence electrons. The number of esters is 1. The molecule has 1 aromatic rings. The SMILES string of the molecule is C=C(C=CCCC(C)=O)COC(=O)c1ccccc1. The molecule has 19 heavy (non-hydrogen) atoms. The Morgan fingerprint density at radius 1 is 1.26 bits per heavy atom. The van der Waals surface area contributed by atoms with Crippen LogP contribution in [0.2, 0.25) is 0 Å². The Morgan fingerprint density at radius 3 is 2.58 bits per heavy atom. The third kappa shape index (κ3) is 6.36. The van der Waals surface area contributed by atoms with Gasteiger partial charge in [-0.05, 0) is 31.1 Å². The summed E-state index contributed by atoms with van der Waals surface area (Å²) in [7, 11) is 0. The fourth-order valence-corrected chi connectivity index (χ4v) is 1.40. The molecule has 0 N–H and O–H groups in total. The summed E-state index contributed by atoms with van der Waals surface area (Å²) in [6.07, 6.45) is 4.84. The summed E-state index contributed by atoms with van der Waals surface area (Å²) < 4.78 is 5.11. The molecule has 3 heteroatoms. The Labute approximate surface area is 113 Å². The second-order valence-electron chi connectivity index (χ2n) is 4.24. The first-order chi connectivity index (χ1) is 9.09. The molecule has 0 saturated heterocycles. The van der Waals surface area contributed by atoms with E-state index in [4.69, 9.17) is 4.74 Å². The van der Waals surface area contributed by atoms with Crippen molar-refractivity contribution in [1.82, 2.24) is 0 Å². The second-order valence-corrected chi connectivity index (χ2v) is 4.24. The lowest BCUT2D eigenvalue weighted by atomic mass is 10.2. The van der Waals surface area contributed by atoms with Gasteiger partial charge < -0.3 is 9.53 Å². The van der Waals surface area contributed by atoms with Crippen LogP contribution in [0.5, 0.6) is 0 Å². The van der Waals surface area contributed by atoms with Gasteiger partial charge in [0.05, 0.1) is 5.56 Å². The van der Waals surface area contributed by atoms with E-state index in [-0.39, 0.29) is 18.4 Å². The number of rotatable bonds is 7. The Morgan fingerprint density at radius 2 is 1.95 bits per heavy atom. The van der Waals surface area contributed by atoms with Crippen LogP contribution in [0, 0.1) is 0 Å². The number of ether oxygens (including phenoxy) is 1. The molecule has 0 unspecified atom stereocenters. The number of carbonyl (C=O) groups excluding carboxylic acids is 2. The fraction of sp³-hybridized carbons (Fsp3) is 0.250. The zero-order chi connectivity index (χ0) is 14.1. The topological polar surface area (TPSA) is 43.4 Å². The average molecular weight is 258 g/mol. The normalized spacial score (nSPS) is 10.4. The molecule has 0 aromatic heterocycles. The maximum atomic E-state index is 11.6. The summed E-state index contributed by atoms with van der Waals surface area (Å²) in [4.78, 5) is 22.4. The van der Waals surface area contributed by atoms with E-state index in [1.807, 2.05) is 12.1 Å². The second kappa shape index (κ2) is 8.03. The van der Waals surface area contributed by atoms with Crippen LogP contribution >= 0.6 is 0 Å². The van der Waals surface area contributed by atoms with Crippen LogP contribution in [0.15, 0.2) is 54.6 Å². The molecule has 0 heterocycles. The molecular formula is C16H18O3. The standard InChI is InChI=1S/C16H18O3/c1-13(8-6-7-9-14(2)17)12-19-16(18)15-10-4-3-5-11-15/h3-6,8,10-11H,1,7,9,12H2,2H3. The smallest absolute Gasteiger partial charge is 0.338 e. The molecule has 0 amide bonds. The average Bonchev–Trinajstić information content (AvgIpc) is 2.41. The minimum atomic E-state index is -0.362. The minimum Gasteiger partial charge on any atom is -0.457 e. The highest BCUT2D eigenvalue weighted by atomic mass is 16.5. The highest BCUT2D eigenvalue weighted by Gasteiger charge is 2.05. The van der Waals surface area contributed by atoms with Gasteiger partial charge in [-0.25, -0.2) is 4.79 Å². The van der Waals surface area contributed by atoms with Crippen molar-refractivity contribution in [3.05, 3.63) is 60.2 Å². The molecule has 0 radical (unpaired) electrons. The van der Waals surface area contributed by atoms with Gasteiger partial charge in [-0.2, -0.15) is 0 Å².